The molecule has 4 nitrogen and oxygen atoms in total. The number of amides is 1. The van der Waals surface area contributed by atoms with Crippen LogP contribution in [0.25, 0.3) is 0 Å². The summed E-state index contributed by atoms with van der Waals surface area (Å²) in [6.45, 7) is -1.18. The van der Waals surface area contributed by atoms with Crippen molar-refractivity contribution in [3.8, 4) is 0 Å². The number of hydrogen-bond acceptors (Lipinski definition) is 3. The summed E-state index contributed by atoms with van der Waals surface area (Å²) in [6.07, 6.45) is -2.62. The Morgan fingerprint density at radius 3 is 2.58 bits per heavy atom. The Balaban J connectivity index is 2.35. The van der Waals surface area contributed by atoms with Crippen molar-refractivity contribution in [2.75, 3.05) is 26.3 Å². The van der Waals surface area contributed by atoms with Crippen molar-refractivity contribution in [3.63, 3.8) is 0 Å². The Bertz CT molecular complexity index is 373. The molecule has 0 radical (unpaired) electrons. The molecule has 0 fully saturated rings. The van der Waals surface area contributed by atoms with Gasteiger partial charge in [0.25, 0.3) is 6.43 Å². The molecule has 106 valence electrons. The molecule has 1 amide bonds. The van der Waals surface area contributed by atoms with Crippen LogP contribution in [0.4, 0.5) is 8.78 Å². The Morgan fingerprint density at radius 1 is 1.32 bits per heavy atom. The molecule has 0 saturated carbocycles. The maximum absolute atomic E-state index is 12.2. The third-order valence-corrected chi connectivity index (χ3v) is 2.42. The fraction of sp³-hybridized carbons (Fsp3) is 0.462. The predicted molar refractivity (Wildman–Crippen MR) is 65.8 cm³/mol. The van der Waals surface area contributed by atoms with Gasteiger partial charge in [-0.3, -0.25) is 4.79 Å². The molecule has 1 aromatic carbocycles. The number of ether oxygens (including phenoxy) is 1. The van der Waals surface area contributed by atoms with Gasteiger partial charge in [-0.25, -0.2) is 8.78 Å². The first kappa shape index (κ1) is 15.5. The number of carbonyl (C=O) groups is 1. The van der Waals surface area contributed by atoms with Crippen LogP contribution in [0.1, 0.15) is 5.56 Å². The molecular weight excluding hydrogens is 256 g/mol. The van der Waals surface area contributed by atoms with Gasteiger partial charge in [0, 0.05) is 6.54 Å². The van der Waals surface area contributed by atoms with Gasteiger partial charge in [0.1, 0.15) is 6.61 Å². The number of carbonyl (C=O) groups excluding carboxylic acids is 1. The molecule has 1 N–H and O–H groups in total. The first-order valence-electron chi connectivity index (χ1n) is 5.92. The van der Waals surface area contributed by atoms with E-state index >= 15 is 0 Å². The minimum Gasteiger partial charge on any atom is -0.395 e. The zero-order valence-corrected chi connectivity index (χ0v) is 10.5. The largest absolute Gasteiger partial charge is 0.395 e. The standard InChI is InChI=1S/C13H17F2NO3/c14-12(15)8-16(6-7-17)13(18)10-19-9-11-4-2-1-3-5-11/h1-5,12,17H,6-10H2. The molecule has 6 heteroatoms. The zero-order chi connectivity index (χ0) is 14.1. The average Bonchev–Trinajstić information content (AvgIpc) is 2.39. The minimum absolute atomic E-state index is 0.113. The van der Waals surface area contributed by atoms with Crippen molar-refractivity contribution in [2.24, 2.45) is 0 Å². The van der Waals surface area contributed by atoms with Gasteiger partial charge in [0.2, 0.25) is 5.91 Å². The van der Waals surface area contributed by atoms with E-state index in [0.29, 0.717) is 0 Å². The normalized spacial score (nSPS) is 10.7. The van der Waals surface area contributed by atoms with Gasteiger partial charge >= 0.3 is 0 Å². The lowest BCUT2D eigenvalue weighted by molar-refractivity contribution is -0.139. The number of aliphatic hydroxyl groups excluding tert-OH is 1. The van der Waals surface area contributed by atoms with E-state index < -0.39 is 18.9 Å². The van der Waals surface area contributed by atoms with Crippen LogP contribution < -0.4 is 0 Å². The number of rotatable bonds is 8. The van der Waals surface area contributed by atoms with E-state index in [1.807, 2.05) is 30.3 Å². The lowest BCUT2D eigenvalue weighted by atomic mass is 10.2. The van der Waals surface area contributed by atoms with Gasteiger partial charge in [-0.05, 0) is 5.56 Å². The second-order valence-electron chi connectivity index (χ2n) is 3.93. The summed E-state index contributed by atoms with van der Waals surface area (Å²) in [7, 11) is 0. The first-order valence-corrected chi connectivity index (χ1v) is 5.92. The monoisotopic (exact) mass is 273 g/mol. The minimum atomic E-state index is -2.62. The van der Waals surface area contributed by atoms with Crippen LogP contribution in [0.3, 0.4) is 0 Å². The molecule has 0 unspecified atom stereocenters. The number of hydrogen-bond donors (Lipinski definition) is 1. The molecule has 0 heterocycles. The third kappa shape index (κ3) is 6.26. The van der Waals surface area contributed by atoms with E-state index in [-0.39, 0.29) is 26.4 Å². The van der Waals surface area contributed by atoms with Crippen LogP contribution in [-0.2, 0) is 16.1 Å². The summed E-state index contributed by atoms with van der Waals surface area (Å²) in [5.74, 6) is -0.551. The Kier molecular flexibility index (Phi) is 6.99. The molecule has 0 atom stereocenters. The number of aliphatic hydroxyl groups is 1. The van der Waals surface area contributed by atoms with Crippen LogP contribution in [0.2, 0.25) is 0 Å². The van der Waals surface area contributed by atoms with Crippen LogP contribution in [0.5, 0.6) is 0 Å². The highest BCUT2D eigenvalue weighted by atomic mass is 19.3. The second kappa shape index (κ2) is 8.55. The predicted octanol–water partition coefficient (Wildman–Crippen LogP) is 1.29. The molecule has 0 aliphatic carbocycles. The summed E-state index contributed by atoms with van der Waals surface area (Å²) in [5.41, 5.74) is 0.901. The Labute approximate surface area is 110 Å². The van der Waals surface area contributed by atoms with E-state index in [9.17, 15) is 13.6 Å². The van der Waals surface area contributed by atoms with Crippen LogP contribution >= 0.6 is 0 Å². The summed E-state index contributed by atoms with van der Waals surface area (Å²) in [4.78, 5) is 12.5. The third-order valence-electron chi connectivity index (χ3n) is 2.42. The quantitative estimate of drug-likeness (QED) is 0.776. The lowest BCUT2D eigenvalue weighted by Crippen LogP contribution is -2.39. The molecule has 0 spiro atoms. The number of alkyl halides is 2. The molecule has 0 saturated heterocycles. The van der Waals surface area contributed by atoms with Gasteiger partial charge < -0.3 is 14.7 Å². The molecule has 0 aliphatic rings. The highest BCUT2D eigenvalue weighted by molar-refractivity contribution is 5.77. The van der Waals surface area contributed by atoms with Crippen molar-refractivity contribution >= 4 is 5.91 Å². The highest BCUT2D eigenvalue weighted by Gasteiger charge is 2.17. The van der Waals surface area contributed by atoms with E-state index in [0.717, 1.165) is 10.5 Å². The van der Waals surface area contributed by atoms with Gasteiger partial charge in [-0.15, -0.1) is 0 Å². The smallest absolute Gasteiger partial charge is 0.255 e. The van der Waals surface area contributed by atoms with Crippen molar-refractivity contribution in [3.05, 3.63) is 35.9 Å². The van der Waals surface area contributed by atoms with Gasteiger partial charge in [-0.2, -0.15) is 0 Å². The van der Waals surface area contributed by atoms with E-state index in [4.69, 9.17) is 9.84 Å². The topological polar surface area (TPSA) is 49.8 Å². The number of nitrogens with zero attached hydrogens (tertiary/aromatic N) is 1. The van der Waals surface area contributed by atoms with E-state index in [1.165, 1.54) is 0 Å². The average molecular weight is 273 g/mol. The van der Waals surface area contributed by atoms with Crippen molar-refractivity contribution < 1.29 is 23.4 Å². The van der Waals surface area contributed by atoms with Gasteiger partial charge in [0.05, 0.1) is 19.8 Å². The molecule has 1 rings (SSSR count). The number of benzene rings is 1. The molecule has 19 heavy (non-hydrogen) atoms. The second-order valence-corrected chi connectivity index (χ2v) is 3.93. The fourth-order valence-electron chi connectivity index (χ4n) is 1.53. The SMILES string of the molecule is O=C(COCc1ccccc1)N(CCO)CC(F)F. The molecule has 0 aliphatic heterocycles. The summed E-state index contributed by atoms with van der Waals surface area (Å²) in [6, 6.07) is 9.23. The maximum Gasteiger partial charge on any atom is 0.255 e. The highest BCUT2D eigenvalue weighted by Crippen LogP contribution is 2.02. The van der Waals surface area contributed by atoms with Crippen LogP contribution in [0, 0.1) is 0 Å². The zero-order valence-electron chi connectivity index (χ0n) is 10.5. The fourth-order valence-corrected chi connectivity index (χ4v) is 1.53. The summed E-state index contributed by atoms with van der Waals surface area (Å²) in [5, 5.41) is 8.72. The molecular formula is C13H17F2NO3. The van der Waals surface area contributed by atoms with Crippen molar-refractivity contribution in [1.82, 2.24) is 4.90 Å². The van der Waals surface area contributed by atoms with E-state index in [2.05, 4.69) is 0 Å². The van der Waals surface area contributed by atoms with Crippen LogP contribution in [0.15, 0.2) is 30.3 Å². The summed E-state index contributed by atoms with van der Waals surface area (Å²) >= 11 is 0. The van der Waals surface area contributed by atoms with Gasteiger partial charge in [0.15, 0.2) is 0 Å². The van der Waals surface area contributed by atoms with Crippen molar-refractivity contribution in [1.29, 1.82) is 0 Å². The summed E-state index contributed by atoms with van der Waals surface area (Å²) < 4.78 is 29.7. The lowest BCUT2D eigenvalue weighted by Gasteiger charge is -2.21. The number of halogens is 2. The first-order chi connectivity index (χ1) is 9.13. The molecule has 1 aromatic rings. The van der Waals surface area contributed by atoms with Crippen LogP contribution in [-0.4, -0.2) is 48.6 Å². The van der Waals surface area contributed by atoms with Crippen molar-refractivity contribution in [2.45, 2.75) is 13.0 Å². The Morgan fingerprint density at radius 2 is 2.00 bits per heavy atom. The molecule has 0 bridgehead atoms. The molecule has 0 aromatic heterocycles. The van der Waals surface area contributed by atoms with Gasteiger partial charge in [-0.1, -0.05) is 30.3 Å². The Hall–Kier alpha value is -1.53. The maximum atomic E-state index is 12.2. The van der Waals surface area contributed by atoms with E-state index in [1.54, 1.807) is 0 Å².